The summed E-state index contributed by atoms with van der Waals surface area (Å²) < 4.78 is 16.8. The van der Waals surface area contributed by atoms with Gasteiger partial charge >= 0.3 is 0 Å². The molecule has 0 atom stereocenters. The summed E-state index contributed by atoms with van der Waals surface area (Å²) in [6.45, 7) is 3.54. The Morgan fingerprint density at radius 1 is 0.969 bits per heavy atom. The molecule has 0 amide bonds. The van der Waals surface area contributed by atoms with Gasteiger partial charge in [0.25, 0.3) is 0 Å². The summed E-state index contributed by atoms with van der Waals surface area (Å²) in [4.78, 5) is 8.58. The summed E-state index contributed by atoms with van der Waals surface area (Å²) in [5.41, 5.74) is 2.98. The Morgan fingerprint density at radius 3 is 2.50 bits per heavy atom. The van der Waals surface area contributed by atoms with Crippen molar-refractivity contribution in [2.24, 2.45) is 4.99 Å². The Hall–Kier alpha value is -3.01. The minimum atomic E-state index is 0. The highest BCUT2D eigenvalue weighted by molar-refractivity contribution is 14.0. The molecule has 1 aromatic heterocycles. The van der Waals surface area contributed by atoms with Crippen molar-refractivity contribution in [1.82, 2.24) is 10.3 Å². The van der Waals surface area contributed by atoms with E-state index in [1.807, 2.05) is 67.6 Å². The first-order valence-electron chi connectivity index (χ1n) is 10.1. The van der Waals surface area contributed by atoms with E-state index < -0.39 is 0 Å². The van der Waals surface area contributed by atoms with E-state index in [1.54, 1.807) is 20.4 Å². The van der Waals surface area contributed by atoms with Crippen LogP contribution in [0.4, 0.5) is 5.69 Å². The second kappa shape index (κ2) is 13.4. The van der Waals surface area contributed by atoms with Crippen LogP contribution in [0.5, 0.6) is 17.4 Å². The molecule has 2 N–H and O–H groups in total. The Bertz CT molecular complexity index is 1000. The maximum Gasteiger partial charge on any atom is 0.213 e. The second-order valence-electron chi connectivity index (χ2n) is 6.63. The monoisotopic (exact) mass is 548 g/mol. The molecule has 0 radical (unpaired) electrons. The fourth-order valence-electron chi connectivity index (χ4n) is 2.90. The average Bonchev–Trinajstić information content (AvgIpc) is 2.82. The van der Waals surface area contributed by atoms with Gasteiger partial charge in [0.2, 0.25) is 5.88 Å². The molecule has 0 bridgehead atoms. The summed E-state index contributed by atoms with van der Waals surface area (Å²) >= 11 is 0. The second-order valence-corrected chi connectivity index (χ2v) is 6.63. The molecule has 1 heterocycles. The van der Waals surface area contributed by atoms with E-state index in [9.17, 15) is 0 Å². The summed E-state index contributed by atoms with van der Waals surface area (Å²) in [7, 11) is 3.35. The number of nitrogens with one attached hydrogen (secondary N) is 2. The molecule has 3 aromatic rings. The molecular weight excluding hydrogens is 519 g/mol. The van der Waals surface area contributed by atoms with Gasteiger partial charge in [0.05, 0.1) is 13.7 Å². The fraction of sp³-hybridized carbons (Fsp3) is 0.250. The van der Waals surface area contributed by atoms with Crippen molar-refractivity contribution in [3.8, 4) is 17.4 Å². The van der Waals surface area contributed by atoms with E-state index >= 15 is 0 Å². The van der Waals surface area contributed by atoms with Crippen LogP contribution in [0.1, 0.15) is 18.1 Å². The Morgan fingerprint density at radius 2 is 1.78 bits per heavy atom. The number of aliphatic imine (C=N–C) groups is 1. The van der Waals surface area contributed by atoms with E-state index in [-0.39, 0.29) is 24.0 Å². The lowest BCUT2D eigenvalue weighted by Crippen LogP contribution is -2.30. The van der Waals surface area contributed by atoms with Gasteiger partial charge in [-0.05, 0) is 36.2 Å². The number of pyridine rings is 1. The van der Waals surface area contributed by atoms with E-state index in [2.05, 4.69) is 20.6 Å². The van der Waals surface area contributed by atoms with Crippen molar-refractivity contribution in [3.63, 3.8) is 0 Å². The van der Waals surface area contributed by atoms with Gasteiger partial charge in [-0.3, -0.25) is 4.99 Å². The van der Waals surface area contributed by atoms with E-state index in [1.165, 1.54) is 0 Å². The number of hydrogen-bond donors (Lipinski definition) is 2. The van der Waals surface area contributed by atoms with Crippen LogP contribution in [-0.4, -0.2) is 31.7 Å². The van der Waals surface area contributed by atoms with Crippen molar-refractivity contribution in [3.05, 3.63) is 78.0 Å². The van der Waals surface area contributed by atoms with Crippen molar-refractivity contribution < 1.29 is 14.2 Å². The molecule has 0 aliphatic heterocycles. The van der Waals surface area contributed by atoms with Crippen LogP contribution in [0.15, 0.2) is 71.9 Å². The first-order chi connectivity index (χ1) is 15.2. The molecule has 0 saturated carbocycles. The highest BCUT2D eigenvalue weighted by atomic mass is 127. The topological polar surface area (TPSA) is 77.0 Å². The number of methoxy groups -OCH3 is 1. The van der Waals surface area contributed by atoms with Gasteiger partial charge in [-0.25, -0.2) is 4.98 Å². The maximum absolute atomic E-state index is 5.81. The van der Waals surface area contributed by atoms with Gasteiger partial charge < -0.3 is 24.8 Å². The van der Waals surface area contributed by atoms with Gasteiger partial charge in [0, 0.05) is 37.6 Å². The molecule has 3 rings (SSSR count). The van der Waals surface area contributed by atoms with E-state index in [4.69, 9.17) is 14.2 Å². The van der Waals surface area contributed by atoms with Crippen molar-refractivity contribution >= 4 is 35.6 Å². The number of rotatable bonds is 9. The van der Waals surface area contributed by atoms with Crippen LogP contribution in [0.2, 0.25) is 0 Å². The third-order valence-corrected chi connectivity index (χ3v) is 4.44. The normalized spacial score (nSPS) is 10.7. The van der Waals surface area contributed by atoms with Gasteiger partial charge in [0.1, 0.15) is 6.61 Å². The van der Waals surface area contributed by atoms with E-state index in [0.717, 1.165) is 16.8 Å². The lowest BCUT2D eigenvalue weighted by atomic mass is 10.2. The third-order valence-electron chi connectivity index (χ3n) is 4.44. The predicted molar refractivity (Wildman–Crippen MR) is 138 cm³/mol. The molecule has 170 valence electrons. The van der Waals surface area contributed by atoms with Crippen molar-refractivity contribution in [1.29, 1.82) is 0 Å². The van der Waals surface area contributed by atoms with Crippen LogP contribution in [-0.2, 0) is 13.2 Å². The van der Waals surface area contributed by atoms with Crippen LogP contribution in [0.3, 0.4) is 0 Å². The number of halogens is 1. The largest absolute Gasteiger partial charge is 0.493 e. The molecule has 8 heteroatoms. The zero-order chi connectivity index (χ0) is 21.9. The molecule has 0 spiro atoms. The Kier molecular flexibility index (Phi) is 10.6. The van der Waals surface area contributed by atoms with Gasteiger partial charge in [-0.2, -0.15) is 0 Å². The molecule has 0 unspecified atom stereocenters. The number of benzene rings is 2. The molecular formula is C24H29IN4O3. The van der Waals surface area contributed by atoms with Crippen LogP contribution in [0, 0.1) is 0 Å². The zero-order valence-corrected chi connectivity index (χ0v) is 20.8. The molecule has 0 fully saturated rings. The molecule has 0 aliphatic rings. The number of hydrogen-bond acceptors (Lipinski definition) is 5. The molecule has 2 aromatic carbocycles. The SMILES string of the molecule is CCOc1cc(NC(=NC)NCc2ccnc(OCc3ccccc3)c2)ccc1OC.I. The maximum atomic E-state index is 5.81. The Balaban J connectivity index is 0.00000363. The van der Waals surface area contributed by atoms with Crippen LogP contribution >= 0.6 is 24.0 Å². The number of guanidine groups is 1. The van der Waals surface area contributed by atoms with Gasteiger partial charge in [-0.15, -0.1) is 24.0 Å². The minimum absolute atomic E-state index is 0. The Labute approximate surface area is 206 Å². The van der Waals surface area contributed by atoms with Gasteiger partial charge in [-0.1, -0.05) is 30.3 Å². The predicted octanol–water partition coefficient (Wildman–Crippen LogP) is 4.87. The van der Waals surface area contributed by atoms with Gasteiger partial charge in [0.15, 0.2) is 17.5 Å². The van der Waals surface area contributed by atoms with Crippen LogP contribution in [0.25, 0.3) is 0 Å². The number of aromatic nitrogens is 1. The summed E-state index contributed by atoms with van der Waals surface area (Å²) in [6.07, 6.45) is 1.74. The fourth-order valence-corrected chi connectivity index (χ4v) is 2.90. The van der Waals surface area contributed by atoms with Crippen LogP contribution < -0.4 is 24.8 Å². The average molecular weight is 548 g/mol. The first-order valence-corrected chi connectivity index (χ1v) is 10.1. The van der Waals surface area contributed by atoms with E-state index in [0.29, 0.717) is 43.1 Å². The summed E-state index contributed by atoms with van der Waals surface area (Å²) in [5.74, 6) is 2.59. The number of anilines is 1. The van der Waals surface area contributed by atoms with Crippen molar-refractivity contribution in [2.75, 3.05) is 26.1 Å². The number of nitrogens with zero attached hydrogens (tertiary/aromatic N) is 2. The molecule has 0 aliphatic carbocycles. The quantitative estimate of drug-likeness (QED) is 0.226. The lowest BCUT2D eigenvalue weighted by molar-refractivity contribution is 0.293. The standard InChI is InChI=1S/C24H28N4O3.HI/c1-4-30-22-15-20(10-11-21(22)29-3)28-24(25-2)27-16-19-12-13-26-23(14-19)31-17-18-8-6-5-7-9-18;/h5-15H,4,16-17H2,1-3H3,(H2,25,27,28);1H. The molecule has 32 heavy (non-hydrogen) atoms. The zero-order valence-electron chi connectivity index (χ0n) is 18.5. The smallest absolute Gasteiger partial charge is 0.213 e. The van der Waals surface area contributed by atoms with Crippen molar-refractivity contribution in [2.45, 2.75) is 20.1 Å². The minimum Gasteiger partial charge on any atom is -0.493 e. The first kappa shape index (κ1) is 25.3. The highest BCUT2D eigenvalue weighted by Gasteiger charge is 2.07. The molecule has 7 nitrogen and oxygen atoms in total. The lowest BCUT2D eigenvalue weighted by Gasteiger charge is -2.15. The summed E-state index contributed by atoms with van der Waals surface area (Å²) in [5, 5.41) is 6.57. The molecule has 0 saturated heterocycles. The summed E-state index contributed by atoms with van der Waals surface area (Å²) in [6, 6.07) is 19.5. The third kappa shape index (κ3) is 7.60. The highest BCUT2D eigenvalue weighted by Crippen LogP contribution is 2.30. The number of ether oxygens (including phenoxy) is 3.